The van der Waals surface area contributed by atoms with E-state index >= 15 is 0 Å². The Labute approximate surface area is 231 Å². The molecule has 0 radical (unpaired) electrons. The van der Waals surface area contributed by atoms with Crippen LogP contribution in [0.25, 0.3) is 0 Å². The molecule has 0 aromatic heterocycles. The van der Waals surface area contributed by atoms with Gasteiger partial charge in [-0.1, -0.05) is 24.1 Å². The molecule has 0 aliphatic carbocycles. The lowest BCUT2D eigenvalue weighted by molar-refractivity contribution is -0.135. The van der Waals surface area contributed by atoms with E-state index in [0.717, 1.165) is 43.9 Å². The number of carbonyl (C=O) groups is 3. The summed E-state index contributed by atoms with van der Waals surface area (Å²) in [7, 11) is 2.03. The number of carbonyl (C=O) groups excluding carboxylic acids is 3. The Kier molecular flexibility index (Phi) is 14.3. The molecular formula is C30H42N2O7. The molecule has 2 aliphatic rings. The molecule has 0 amide bonds. The van der Waals surface area contributed by atoms with Crippen molar-refractivity contribution in [3.63, 3.8) is 0 Å². The number of ether oxygens (including phenoxy) is 2. The van der Waals surface area contributed by atoms with Gasteiger partial charge >= 0.3 is 0 Å². The molecule has 9 nitrogen and oxygen atoms in total. The molecule has 2 saturated heterocycles. The lowest BCUT2D eigenvalue weighted by Crippen LogP contribution is -2.38. The van der Waals surface area contributed by atoms with Gasteiger partial charge in [-0.05, 0) is 64.8 Å². The first-order valence-corrected chi connectivity index (χ1v) is 13.5. The van der Waals surface area contributed by atoms with E-state index in [9.17, 15) is 24.6 Å². The Balaban J connectivity index is 2.37. The summed E-state index contributed by atoms with van der Waals surface area (Å²) in [6, 6.07) is 0.104. The van der Waals surface area contributed by atoms with E-state index in [1.807, 2.05) is 26.1 Å². The first-order chi connectivity index (χ1) is 18.8. The number of aldehydes is 3. The van der Waals surface area contributed by atoms with Gasteiger partial charge in [0.25, 0.3) is 0 Å². The quantitative estimate of drug-likeness (QED) is 0.0844. The number of likely N-dealkylation sites (tertiary alicyclic amines) is 1. The molecule has 0 saturated carbocycles. The second kappa shape index (κ2) is 17.4. The highest BCUT2D eigenvalue weighted by Gasteiger charge is 2.32. The topological polar surface area (TPSA) is 126 Å². The number of aliphatic hydroxyl groups excluding tert-OH is 2. The lowest BCUT2D eigenvalue weighted by Gasteiger charge is -2.32. The maximum Gasteiger partial charge on any atom is 0.152 e. The Morgan fingerprint density at radius 1 is 1.15 bits per heavy atom. The van der Waals surface area contributed by atoms with Gasteiger partial charge in [-0.25, -0.2) is 0 Å². The van der Waals surface area contributed by atoms with Gasteiger partial charge in [0.15, 0.2) is 6.29 Å². The first-order valence-electron chi connectivity index (χ1n) is 13.5. The molecule has 2 heterocycles. The molecule has 2 aliphatic heterocycles. The van der Waals surface area contributed by atoms with E-state index in [1.165, 1.54) is 6.08 Å². The monoisotopic (exact) mass is 542 g/mol. The van der Waals surface area contributed by atoms with Crippen LogP contribution in [0.3, 0.4) is 0 Å². The maximum atomic E-state index is 11.9. The number of nitrogens with zero attached hydrogens (tertiary/aromatic N) is 2. The molecule has 2 N–H and O–H groups in total. The average molecular weight is 543 g/mol. The Bertz CT molecular complexity index is 1010. The molecule has 0 spiro atoms. The fourth-order valence-corrected chi connectivity index (χ4v) is 4.58. The van der Waals surface area contributed by atoms with Crippen molar-refractivity contribution in [1.82, 2.24) is 4.90 Å². The number of aliphatic imine (C=N–C) groups is 1. The van der Waals surface area contributed by atoms with Crippen molar-refractivity contribution in [2.45, 2.75) is 83.1 Å². The summed E-state index contributed by atoms with van der Waals surface area (Å²) >= 11 is 0. The van der Waals surface area contributed by atoms with Crippen LogP contribution in [0.2, 0.25) is 0 Å². The van der Waals surface area contributed by atoms with Crippen LogP contribution in [0.1, 0.15) is 58.8 Å². The number of piperidine rings is 1. The second-order valence-electron chi connectivity index (χ2n) is 9.89. The van der Waals surface area contributed by atoms with Crippen LogP contribution in [-0.2, 0) is 23.9 Å². The van der Waals surface area contributed by atoms with Gasteiger partial charge in [-0.15, -0.1) is 0 Å². The number of hydrogen-bond donors (Lipinski definition) is 2. The first kappa shape index (κ1) is 32.1. The zero-order valence-electron chi connectivity index (χ0n) is 23.2. The Morgan fingerprint density at radius 3 is 2.59 bits per heavy atom. The van der Waals surface area contributed by atoms with E-state index in [4.69, 9.17) is 9.47 Å². The number of allylic oxidation sites excluding steroid dienone is 7. The molecule has 39 heavy (non-hydrogen) atoms. The molecular weight excluding hydrogens is 500 g/mol. The minimum absolute atomic E-state index is 0.104. The lowest BCUT2D eigenvalue weighted by atomic mass is 9.99. The van der Waals surface area contributed by atoms with E-state index in [0.29, 0.717) is 36.7 Å². The minimum atomic E-state index is -0.786. The third-order valence-electron chi connectivity index (χ3n) is 6.82. The maximum absolute atomic E-state index is 11.9. The molecule has 4 unspecified atom stereocenters. The number of rotatable bonds is 14. The molecule has 0 aromatic rings. The fourth-order valence-electron chi connectivity index (χ4n) is 4.58. The van der Waals surface area contributed by atoms with Crippen molar-refractivity contribution in [2.75, 3.05) is 20.2 Å². The summed E-state index contributed by atoms with van der Waals surface area (Å²) in [6.45, 7) is 4.89. The summed E-state index contributed by atoms with van der Waals surface area (Å²) in [5.74, 6) is 0.331. The summed E-state index contributed by atoms with van der Waals surface area (Å²) in [4.78, 5) is 41.2. The van der Waals surface area contributed by atoms with Crippen molar-refractivity contribution in [2.24, 2.45) is 4.99 Å². The van der Waals surface area contributed by atoms with Gasteiger partial charge in [0.2, 0.25) is 0 Å². The zero-order chi connectivity index (χ0) is 28.6. The van der Waals surface area contributed by atoms with Crippen molar-refractivity contribution >= 4 is 25.1 Å². The van der Waals surface area contributed by atoms with Crippen molar-refractivity contribution in [3.05, 3.63) is 58.7 Å². The number of hydrogen-bond acceptors (Lipinski definition) is 9. The van der Waals surface area contributed by atoms with Crippen LogP contribution in [0.4, 0.5) is 0 Å². The van der Waals surface area contributed by atoms with Crippen molar-refractivity contribution in [1.29, 1.82) is 0 Å². The minimum Gasteiger partial charge on any atom is -0.516 e. The van der Waals surface area contributed by atoms with Crippen LogP contribution < -0.4 is 0 Å². The van der Waals surface area contributed by atoms with Gasteiger partial charge < -0.3 is 24.5 Å². The predicted molar refractivity (Wildman–Crippen MR) is 150 cm³/mol. The molecule has 214 valence electrons. The Hall–Kier alpha value is -3.14. The fraction of sp³-hybridized carbons (Fsp3) is 0.533. The molecule has 0 aromatic carbocycles. The highest BCUT2D eigenvalue weighted by atomic mass is 16.5. The van der Waals surface area contributed by atoms with Crippen molar-refractivity contribution < 1.29 is 34.1 Å². The smallest absolute Gasteiger partial charge is 0.152 e. The van der Waals surface area contributed by atoms with Crippen LogP contribution in [-0.4, -0.2) is 84.7 Å². The van der Waals surface area contributed by atoms with Crippen molar-refractivity contribution in [3.8, 4) is 0 Å². The zero-order valence-corrected chi connectivity index (χ0v) is 23.2. The second-order valence-corrected chi connectivity index (χ2v) is 9.89. The molecule has 9 heteroatoms. The summed E-state index contributed by atoms with van der Waals surface area (Å²) in [5.41, 5.74) is 2.04. The van der Waals surface area contributed by atoms with Crippen LogP contribution in [0.15, 0.2) is 63.7 Å². The SMILES string of the molecule is C/C=C(\C=C(/C)C=O)CCCO/C(=C/C(N=CC1CCCCN1C)=C(C=O)\C=C\O)C1CC(O)CC(C=O)O1. The molecule has 0 bridgehead atoms. The molecule has 4 atom stereocenters. The molecule has 2 rings (SSSR count). The Morgan fingerprint density at radius 2 is 1.95 bits per heavy atom. The van der Waals surface area contributed by atoms with E-state index in [-0.39, 0.29) is 36.8 Å². The highest BCUT2D eigenvalue weighted by Crippen LogP contribution is 2.27. The van der Waals surface area contributed by atoms with E-state index in [1.54, 1.807) is 19.2 Å². The van der Waals surface area contributed by atoms with Gasteiger partial charge in [0.05, 0.1) is 24.7 Å². The molecule has 2 fully saturated rings. The van der Waals surface area contributed by atoms with Gasteiger partial charge in [0.1, 0.15) is 30.5 Å². The van der Waals surface area contributed by atoms with Gasteiger partial charge in [0, 0.05) is 36.7 Å². The third-order valence-corrected chi connectivity index (χ3v) is 6.82. The standard InChI is InChI=1S/C30H42N2O7/c1-4-23(14-22(2)19-34)8-7-13-38-29(30-16-26(37)15-27(21-36)39-30)17-28(24(20-35)10-12-33)31-18-25-9-5-6-11-32(25)3/h4,10,12,14,17-21,25-27,30,33,37H,5-9,11,13,15-16H2,1-3H3/b12-10+,22-14+,23-4-,28-24-,29-17+,31-18?. The summed E-state index contributed by atoms with van der Waals surface area (Å²) in [5, 5.41) is 19.8. The largest absolute Gasteiger partial charge is 0.516 e. The van der Waals surface area contributed by atoms with Crippen LogP contribution in [0.5, 0.6) is 0 Å². The average Bonchev–Trinajstić information content (AvgIpc) is 2.94. The van der Waals surface area contributed by atoms with Gasteiger partial charge in [-0.2, -0.15) is 0 Å². The van der Waals surface area contributed by atoms with E-state index in [2.05, 4.69) is 9.89 Å². The summed E-state index contributed by atoms with van der Waals surface area (Å²) in [6.07, 6.45) is 13.8. The highest BCUT2D eigenvalue weighted by molar-refractivity contribution is 5.81. The normalized spacial score (nSPS) is 26.5. The van der Waals surface area contributed by atoms with Crippen LogP contribution >= 0.6 is 0 Å². The summed E-state index contributed by atoms with van der Waals surface area (Å²) < 4.78 is 12.0. The predicted octanol–water partition coefficient (Wildman–Crippen LogP) is 3.95. The third kappa shape index (κ3) is 10.9. The number of aliphatic hydroxyl groups is 2. The van der Waals surface area contributed by atoms with Gasteiger partial charge in [-0.3, -0.25) is 19.5 Å². The van der Waals surface area contributed by atoms with E-state index < -0.39 is 18.3 Å². The van der Waals surface area contributed by atoms with Crippen LogP contribution in [0, 0.1) is 0 Å².